The van der Waals surface area contributed by atoms with Gasteiger partial charge >= 0.3 is 5.97 Å². The lowest BCUT2D eigenvalue weighted by molar-refractivity contribution is -0.138. The Kier molecular flexibility index (Phi) is 25.2. The van der Waals surface area contributed by atoms with Gasteiger partial charge in [-0.2, -0.15) is 0 Å². The van der Waals surface area contributed by atoms with E-state index < -0.39 is 14.6 Å². The van der Waals surface area contributed by atoms with Gasteiger partial charge in [0, 0.05) is 0 Å². The molecule has 0 spiro atoms. The average Bonchev–Trinajstić information content (AvgIpc) is 2.27. The van der Waals surface area contributed by atoms with Gasteiger partial charge in [-0.15, -0.1) is 0 Å². The van der Waals surface area contributed by atoms with Crippen molar-refractivity contribution in [1.29, 1.82) is 0 Å². The number of aliphatic carboxylic acids is 1. The quantitative estimate of drug-likeness (QED) is 0.432. The summed E-state index contributed by atoms with van der Waals surface area (Å²) in [5, 5.41) is 8.84. The van der Waals surface area contributed by atoms with Gasteiger partial charge in [-0.05, 0) is 6.42 Å². The number of carboxylic acid groups (broad SMARTS) is 1. The maximum Gasteiger partial charge on any atom is 0.343 e. The highest BCUT2D eigenvalue weighted by Crippen LogP contribution is 2.46. The minimum Gasteiger partial charge on any atom is -0.479 e. The van der Waals surface area contributed by atoms with Crippen LogP contribution in [-0.2, 0) is 4.79 Å². The molecule has 140 valence electrons. The molecule has 10 heteroatoms. The second kappa shape index (κ2) is 16.3. The third kappa shape index (κ3) is 12.0. The van der Waals surface area contributed by atoms with Gasteiger partial charge in [-0.1, -0.05) is 98.3 Å². The highest BCUT2D eigenvalue weighted by molar-refractivity contribution is 6.68. The van der Waals surface area contributed by atoms with Crippen LogP contribution < -0.4 is 0 Å². The molecule has 0 heterocycles. The van der Waals surface area contributed by atoms with Crippen LogP contribution >= 0.6 is 46.4 Å². The van der Waals surface area contributed by atoms with Gasteiger partial charge in [-0.25, -0.2) is 4.79 Å². The fourth-order valence-electron chi connectivity index (χ4n) is 1.62. The summed E-state index contributed by atoms with van der Waals surface area (Å²) >= 11 is 23.1. The van der Waals surface area contributed by atoms with E-state index in [0.717, 1.165) is 12.8 Å². The average molecular weight is 410 g/mol. The lowest BCUT2D eigenvalue weighted by Crippen LogP contribution is -2.43. The lowest BCUT2D eigenvalue weighted by atomic mass is 10.1. The van der Waals surface area contributed by atoms with Crippen LogP contribution in [0.3, 0.4) is 0 Å². The Morgan fingerprint density at radius 3 is 1.55 bits per heavy atom. The fourth-order valence-corrected chi connectivity index (χ4v) is 2.24. The van der Waals surface area contributed by atoms with Gasteiger partial charge in [0.2, 0.25) is 4.33 Å². The Morgan fingerprint density at radius 2 is 1.18 bits per heavy atom. The number of carbonyl (C=O) groups is 1. The first-order chi connectivity index (χ1) is 8.25. The van der Waals surface area contributed by atoms with Crippen LogP contribution in [0.1, 0.15) is 58.3 Å². The Hall–Kier alpha value is 0.470. The minimum atomic E-state index is -2.17. The van der Waals surface area contributed by atoms with Gasteiger partial charge in [0.15, 0.2) is 4.33 Å². The summed E-state index contributed by atoms with van der Waals surface area (Å²) < 4.78 is -3.83. The number of unbranched alkanes of at least 4 members (excludes halogenated alkanes) is 6. The van der Waals surface area contributed by atoms with Crippen LogP contribution in [0.5, 0.6) is 0 Å². The highest BCUT2D eigenvalue weighted by Gasteiger charge is 2.52. The zero-order valence-corrected chi connectivity index (χ0v) is 15.5. The predicted molar refractivity (Wildman–Crippen MR) is 93.6 cm³/mol. The van der Waals surface area contributed by atoms with Crippen molar-refractivity contribution in [1.82, 2.24) is 0 Å². The molecule has 0 rings (SSSR count). The molecule has 0 amide bonds. The molecule has 0 aromatic rings. The van der Waals surface area contributed by atoms with E-state index in [-0.39, 0.29) is 28.3 Å². The molecule has 0 fully saturated rings. The molecule has 0 radical (unpaired) electrons. The van der Waals surface area contributed by atoms with E-state index in [1.165, 1.54) is 25.7 Å². The van der Waals surface area contributed by atoms with Crippen LogP contribution in [0.2, 0.25) is 0 Å². The highest BCUT2D eigenvalue weighted by atomic mass is 35.5. The van der Waals surface area contributed by atoms with Gasteiger partial charge in [-0.3, -0.25) is 0 Å². The summed E-state index contributed by atoms with van der Waals surface area (Å²) in [6.45, 7) is 2.17. The third-order valence-electron chi connectivity index (χ3n) is 2.82. The van der Waals surface area contributed by atoms with E-state index in [2.05, 4.69) is 6.92 Å². The van der Waals surface area contributed by atoms with Gasteiger partial charge in [0.1, 0.15) is 0 Å². The Labute approximate surface area is 151 Å². The predicted octanol–water partition coefficient (Wildman–Crippen LogP) is 2.26. The van der Waals surface area contributed by atoms with Gasteiger partial charge in [0.05, 0.1) is 0 Å². The summed E-state index contributed by atoms with van der Waals surface area (Å²) in [5.74, 6) is -1.42. The second-order valence-corrected chi connectivity index (χ2v) is 7.27. The third-order valence-corrected chi connectivity index (χ3v) is 5.12. The largest absolute Gasteiger partial charge is 0.479 e. The van der Waals surface area contributed by atoms with Crippen LogP contribution in [-0.4, -0.2) is 41.6 Å². The molecule has 22 heavy (non-hydrogen) atoms. The summed E-state index contributed by atoms with van der Waals surface area (Å²) in [5.41, 5.74) is 0. The molecular formula is C12H28Cl4O6. The van der Waals surface area contributed by atoms with Gasteiger partial charge < -0.3 is 27.0 Å². The normalized spacial score (nSPS) is 10.4. The van der Waals surface area contributed by atoms with E-state index in [1.54, 1.807) is 0 Å². The smallest absolute Gasteiger partial charge is 0.343 e. The van der Waals surface area contributed by atoms with Crippen molar-refractivity contribution in [2.24, 2.45) is 0 Å². The molecule has 0 aromatic heterocycles. The molecular weight excluding hydrogens is 382 g/mol. The van der Waals surface area contributed by atoms with Crippen molar-refractivity contribution in [3.05, 3.63) is 0 Å². The number of alkyl halides is 4. The van der Waals surface area contributed by atoms with Crippen molar-refractivity contribution in [2.75, 3.05) is 0 Å². The first kappa shape index (κ1) is 33.9. The molecule has 0 saturated carbocycles. The molecule has 0 aliphatic rings. The first-order valence-corrected chi connectivity index (χ1v) is 7.76. The van der Waals surface area contributed by atoms with Crippen LogP contribution in [0.4, 0.5) is 0 Å². The zero-order valence-electron chi connectivity index (χ0n) is 12.5. The summed E-state index contributed by atoms with van der Waals surface area (Å²) in [4.78, 5) is 10.8. The van der Waals surface area contributed by atoms with Crippen molar-refractivity contribution < 1.29 is 31.8 Å². The summed E-state index contributed by atoms with van der Waals surface area (Å²) in [6.07, 6.45) is 7.90. The molecule has 0 saturated heterocycles. The molecule has 0 aliphatic heterocycles. The van der Waals surface area contributed by atoms with E-state index in [0.29, 0.717) is 6.42 Å². The SMILES string of the molecule is CCCCCCCCCC(Cl)(Cl)C(Cl)(Cl)C(=O)O.O.O.O.O. The molecule has 9 N–H and O–H groups in total. The minimum absolute atomic E-state index is 0. The molecule has 6 nitrogen and oxygen atoms in total. The van der Waals surface area contributed by atoms with Crippen molar-refractivity contribution in [2.45, 2.75) is 67.0 Å². The Bertz CT molecular complexity index is 264. The molecule has 0 unspecified atom stereocenters. The van der Waals surface area contributed by atoms with Crippen molar-refractivity contribution in [3.63, 3.8) is 0 Å². The standard InChI is InChI=1S/C12H20Cl4O2.4H2O/c1-2-3-4-5-6-7-8-9-11(13,14)12(15,16)10(17)18;;;;/h2-9H2,1H3,(H,17,18);4*1H2. The van der Waals surface area contributed by atoms with Gasteiger partial charge in [0.25, 0.3) is 0 Å². The summed E-state index contributed by atoms with van der Waals surface area (Å²) in [7, 11) is 0. The Morgan fingerprint density at radius 1 is 0.818 bits per heavy atom. The van der Waals surface area contributed by atoms with E-state index in [1.807, 2.05) is 0 Å². The van der Waals surface area contributed by atoms with E-state index in [9.17, 15) is 4.79 Å². The number of carboxylic acids is 1. The zero-order chi connectivity index (χ0) is 14.2. The topological polar surface area (TPSA) is 163 Å². The van der Waals surface area contributed by atoms with Crippen LogP contribution in [0, 0.1) is 0 Å². The van der Waals surface area contributed by atoms with Crippen LogP contribution in [0.25, 0.3) is 0 Å². The maximum absolute atomic E-state index is 10.8. The monoisotopic (exact) mass is 408 g/mol. The number of hydrogen-bond donors (Lipinski definition) is 1. The van der Waals surface area contributed by atoms with E-state index >= 15 is 0 Å². The van der Waals surface area contributed by atoms with Crippen molar-refractivity contribution in [3.8, 4) is 0 Å². The molecule has 0 atom stereocenters. The van der Waals surface area contributed by atoms with E-state index in [4.69, 9.17) is 51.5 Å². The van der Waals surface area contributed by atoms with Crippen molar-refractivity contribution >= 4 is 52.4 Å². The number of halogens is 4. The second-order valence-electron chi connectivity index (χ2n) is 4.46. The Balaban J connectivity index is -0.000000241. The number of hydrogen-bond acceptors (Lipinski definition) is 1. The molecule has 0 bridgehead atoms. The summed E-state index contributed by atoms with van der Waals surface area (Å²) in [6, 6.07) is 0. The lowest BCUT2D eigenvalue weighted by Gasteiger charge is -2.28. The number of rotatable bonds is 10. The first-order valence-electron chi connectivity index (χ1n) is 6.24. The maximum atomic E-state index is 10.8. The molecule has 0 aliphatic carbocycles. The van der Waals surface area contributed by atoms with Crippen LogP contribution in [0.15, 0.2) is 0 Å². The fraction of sp³-hybridized carbons (Fsp3) is 0.917. The molecule has 0 aromatic carbocycles.